The third-order valence-electron chi connectivity index (χ3n) is 1.82. The van der Waals surface area contributed by atoms with E-state index in [1.54, 1.807) is 0 Å². The largest absolute Gasteiger partial charge is 0.348 e. The van der Waals surface area contributed by atoms with Crippen molar-refractivity contribution in [3.8, 4) is 0 Å². The molecule has 0 saturated carbocycles. The van der Waals surface area contributed by atoms with Crippen LogP contribution in [0, 0.1) is 5.92 Å². The summed E-state index contributed by atoms with van der Waals surface area (Å²) in [5, 5.41) is 2.55. The van der Waals surface area contributed by atoms with Gasteiger partial charge in [0.2, 0.25) is 5.91 Å². The SMILES string of the molecule is CC(C)C(C(=O)NCC=O)N(C)C. The Labute approximate surface area is 79.3 Å². The number of carbonyl (C=O) groups excluding carboxylic acids is 2. The average molecular weight is 186 g/mol. The van der Waals surface area contributed by atoms with E-state index in [1.165, 1.54) is 0 Å². The second-order valence-corrected chi connectivity index (χ2v) is 3.56. The van der Waals surface area contributed by atoms with Crippen LogP contribution >= 0.6 is 0 Å². The summed E-state index contributed by atoms with van der Waals surface area (Å²) in [7, 11) is 3.70. The molecule has 1 amide bonds. The van der Waals surface area contributed by atoms with Gasteiger partial charge in [0.1, 0.15) is 6.29 Å². The van der Waals surface area contributed by atoms with Crippen LogP contribution < -0.4 is 5.32 Å². The molecule has 1 N–H and O–H groups in total. The molecule has 4 heteroatoms. The Morgan fingerprint density at radius 1 is 1.46 bits per heavy atom. The van der Waals surface area contributed by atoms with Gasteiger partial charge in [0.25, 0.3) is 0 Å². The van der Waals surface area contributed by atoms with Crippen LogP contribution in [-0.2, 0) is 9.59 Å². The maximum absolute atomic E-state index is 11.5. The number of nitrogens with zero attached hydrogens (tertiary/aromatic N) is 1. The third-order valence-corrected chi connectivity index (χ3v) is 1.82. The smallest absolute Gasteiger partial charge is 0.237 e. The van der Waals surface area contributed by atoms with Gasteiger partial charge in [-0.15, -0.1) is 0 Å². The summed E-state index contributed by atoms with van der Waals surface area (Å²) in [6.07, 6.45) is 0.685. The first-order valence-electron chi connectivity index (χ1n) is 4.38. The van der Waals surface area contributed by atoms with Gasteiger partial charge < -0.3 is 10.1 Å². The lowest BCUT2D eigenvalue weighted by atomic mass is 10.0. The first-order valence-corrected chi connectivity index (χ1v) is 4.38. The molecule has 4 nitrogen and oxygen atoms in total. The minimum Gasteiger partial charge on any atom is -0.348 e. The predicted molar refractivity (Wildman–Crippen MR) is 51.4 cm³/mol. The molecule has 0 bridgehead atoms. The number of rotatable bonds is 5. The molecular weight excluding hydrogens is 168 g/mol. The molecule has 0 rings (SSSR count). The Hall–Kier alpha value is -0.900. The van der Waals surface area contributed by atoms with Crippen molar-refractivity contribution < 1.29 is 9.59 Å². The predicted octanol–water partition coefficient (Wildman–Crippen LogP) is -0.112. The molecule has 0 aromatic heterocycles. The lowest BCUT2D eigenvalue weighted by Gasteiger charge is -2.26. The summed E-state index contributed by atoms with van der Waals surface area (Å²) >= 11 is 0. The van der Waals surface area contributed by atoms with Crippen molar-refractivity contribution in [2.24, 2.45) is 5.92 Å². The highest BCUT2D eigenvalue weighted by Crippen LogP contribution is 2.06. The highest BCUT2D eigenvalue weighted by Gasteiger charge is 2.23. The van der Waals surface area contributed by atoms with E-state index < -0.39 is 0 Å². The second-order valence-electron chi connectivity index (χ2n) is 3.56. The van der Waals surface area contributed by atoms with Crippen molar-refractivity contribution in [3.05, 3.63) is 0 Å². The van der Waals surface area contributed by atoms with Gasteiger partial charge in [-0.3, -0.25) is 9.69 Å². The van der Waals surface area contributed by atoms with E-state index in [9.17, 15) is 9.59 Å². The van der Waals surface area contributed by atoms with Gasteiger partial charge in [-0.05, 0) is 20.0 Å². The van der Waals surface area contributed by atoms with Crippen molar-refractivity contribution in [2.75, 3.05) is 20.6 Å². The molecule has 0 saturated heterocycles. The zero-order valence-electron chi connectivity index (χ0n) is 8.70. The van der Waals surface area contributed by atoms with Gasteiger partial charge in [-0.2, -0.15) is 0 Å². The number of hydrogen-bond acceptors (Lipinski definition) is 3. The summed E-state index contributed by atoms with van der Waals surface area (Å²) in [4.78, 5) is 23.4. The van der Waals surface area contributed by atoms with E-state index >= 15 is 0 Å². The average Bonchev–Trinajstić information content (AvgIpc) is 1.99. The lowest BCUT2D eigenvalue weighted by Crippen LogP contribution is -2.47. The highest BCUT2D eigenvalue weighted by atomic mass is 16.2. The topological polar surface area (TPSA) is 49.4 Å². The Bertz CT molecular complexity index is 170. The van der Waals surface area contributed by atoms with Crippen LogP contribution in [0.15, 0.2) is 0 Å². The van der Waals surface area contributed by atoms with Crippen molar-refractivity contribution in [2.45, 2.75) is 19.9 Å². The highest BCUT2D eigenvalue weighted by molar-refractivity contribution is 5.83. The molecular formula is C9H18N2O2. The molecule has 0 aromatic rings. The first-order chi connectivity index (χ1) is 6.00. The zero-order valence-corrected chi connectivity index (χ0v) is 8.70. The monoisotopic (exact) mass is 186 g/mol. The van der Waals surface area contributed by atoms with Crippen LogP contribution in [0.4, 0.5) is 0 Å². The third kappa shape index (κ3) is 4.03. The molecule has 0 aromatic carbocycles. The number of amides is 1. The lowest BCUT2D eigenvalue weighted by molar-refractivity contribution is -0.127. The van der Waals surface area contributed by atoms with E-state index in [1.807, 2.05) is 32.8 Å². The van der Waals surface area contributed by atoms with E-state index in [-0.39, 0.29) is 24.4 Å². The zero-order chi connectivity index (χ0) is 10.4. The van der Waals surface area contributed by atoms with Crippen LogP contribution in [0.5, 0.6) is 0 Å². The molecule has 13 heavy (non-hydrogen) atoms. The minimum absolute atomic E-state index is 0.0906. The molecule has 1 unspecified atom stereocenters. The van der Waals surface area contributed by atoms with Crippen LogP contribution in [0.25, 0.3) is 0 Å². The minimum atomic E-state index is -0.167. The Morgan fingerprint density at radius 3 is 2.31 bits per heavy atom. The van der Waals surface area contributed by atoms with Crippen LogP contribution in [0.2, 0.25) is 0 Å². The van der Waals surface area contributed by atoms with E-state index in [2.05, 4.69) is 5.32 Å². The second kappa shape index (κ2) is 5.70. The summed E-state index contributed by atoms with van der Waals surface area (Å²) in [5.41, 5.74) is 0. The molecule has 0 heterocycles. The Morgan fingerprint density at radius 2 is 2.00 bits per heavy atom. The van der Waals surface area contributed by atoms with Crippen molar-refractivity contribution in [1.29, 1.82) is 0 Å². The Balaban J connectivity index is 4.20. The summed E-state index contributed by atoms with van der Waals surface area (Å²) in [6, 6.07) is -0.167. The summed E-state index contributed by atoms with van der Waals surface area (Å²) in [5.74, 6) is 0.147. The molecule has 0 aliphatic carbocycles. The van der Waals surface area contributed by atoms with Crippen LogP contribution in [0.1, 0.15) is 13.8 Å². The van der Waals surface area contributed by atoms with Gasteiger partial charge in [0.15, 0.2) is 0 Å². The standard InChI is InChI=1S/C9H18N2O2/c1-7(2)8(11(3)4)9(13)10-5-6-12/h6-8H,5H2,1-4H3,(H,10,13). The van der Waals surface area contributed by atoms with Crippen molar-refractivity contribution in [1.82, 2.24) is 10.2 Å². The number of hydrogen-bond donors (Lipinski definition) is 1. The summed E-state index contributed by atoms with van der Waals surface area (Å²) < 4.78 is 0. The molecule has 0 fully saturated rings. The van der Waals surface area contributed by atoms with E-state index in [4.69, 9.17) is 0 Å². The molecule has 76 valence electrons. The molecule has 1 atom stereocenters. The van der Waals surface area contributed by atoms with Gasteiger partial charge in [-0.25, -0.2) is 0 Å². The first kappa shape index (κ1) is 12.1. The van der Waals surface area contributed by atoms with E-state index in [0.29, 0.717) is 6.29 Å². The number of likely N-dealkylation sites (N-methyl/N-ethyl adjacent to an activating group) is 1. The van der Waals surface area contributed by atoms with Gasteiger partial charge in [0.05, 0.1) is 12.6 Å². The molecule has 0 aliphatic rings. The fraction of sp³-hybridized carbons (Fsp3) is 0.778. The van der Waals surface area contributed by atoms with E-state index in [0.717, 1.165) is 0 Å². The van der Waals surface area contributed by atoms with Crippen LogP contribution in [0.3, 0.4) is 0 Å². The van der Waals surface area contributed by atoms with Crippen molar-refractivity contribution >= 4 is 12.2 Å². The van der Waals surface area contributed by atoms with Crippen LogP contribution in [-0.4, -0.2) is 43.8 Å². The van der Waals surface area contributed by atoms with Gasteiger partial charge >= 0.3 is 0 Å². The van der Waals surface area contributed by atoms with Gasteiger partial charge in [-0.1, -0.05) is 13.8 Å². The van der Waals surface area contributed by atoms with Gasteiger partial charge in [0, 0.05) is 0 Å². The fourth-order valence-corrected chi connectivity index (χ4v) is 1.38. The maximum Gasteiger partial charge on any atom is 0.237 e. The van der Waals surface area contributed by atoms with Crippen molar-refractivity contribution in [3.63, 3.8) is 0 Å². The molecule has 0 aliphatic heterocycles. The fourth-order valence-electron chi connectivity index (χ4n) is 1.38. The maximum atomic E-state index is 11.5. The molecule has 0 spiro atoms. The normalized spacial score (nSPS) is 13.1. The number of aldehydes is 1. The Kier molecular flexibility index (Phi) is 5.30. The molecule has 0 radical (unpaired) electrons. The number of nitrogens with one attached hydrogen (secondary N) is 1. The quantitative estimate of drug-likeness (QED) is 0.609. The summed E-state index contributed by atoms with van der Waals surface area (Å²) in [6.45, 7) is 4.05. The number of carbonyl (C=O) groups is 2.